The lowest BCUT2D eigenvalue weighted by Crippen LogP contribution is -2.45. The number of nitrogens with one attached hydrogen (secondary N) is 1. The van der Waals surface area contributed by atoms with Crippen molar-refractivity contribution in [1.29, 1.82) is 0 Å². The molecule has 2 N–H and O–H groups in total. The summed E-state index contributed by atoms with van der Waals surface area (Å²) in [7, 11) is 1.88. The van der Waals surface area contributed by atoms with E-state index < -0.39 is 0 Å². The van der Waals surface area contributed by atoms with Crippen LogP contribution in [0.5, 0.6) is 0 Å². The van der Waals surface area contributed by atoms with Crippen LogP contribution in [-0.2, 0) is 18.4 Å². The number of aliphatic hydroxyl groups is 1. The van der Waals surface area contributed by atoms with Crippen molar-refractivity contribution in [3.63, 3.8) is 0 Å². The van der Waals surface area contributed by atoms with Gasteiger partial charge in [-0.25, -0.2) is 0 Å². The third-order valence-electron chi connectivity index (χ3n) is 5.92. The zero-order chi connectivity index (χ0) is 18.8. The van der Waals surface area contributed by atoms with E-state index in [1.54, 1.807) is 10.9 Å². The summed E-state index contributed by atoms with van der Waals surface area (Å²) in [5.41, 5.74) is 1.03. The van der Waals surface area contributed by atoms with E-state index in [1.807, 2.05) is 31.6 Å². The maximum absolute atomic E-state index is 12.9. The Labute approximate surface area is 159 Å². The number of likely N-dealkylation sites (tertiary alicyclic amines) is 1. The smallest absolute Gasteiger partial charge is 0.223 e. The SMILES string of the molecule is Cn1cc([C@H](NC(=O)C2CCN(Cc3ccco3)CC2)C2CC(O)C2)cn1. The second-order valence-corrected chi connectivity index (χ2v) is 7.95. The van der Waals surface area contributed by atoms with Gasteiger partial charge < -0.3 is 14.8 Å². The van der Waals surface area contributed by atoms with Gasteiger partial charge in [0.1, 0.15) is 5.76 Å². The monoisotopic (exact) mass is 372 g/mol. The molecule has 1 saturated carbocycles. The van der Waals surface area contributed by atoms with Gasteiger partial charge in [0, 0.05) is 24.7 Å². The molecule has 0 spiro atoms. The second-order valence-electron chi connectivity index (χ2n) is 7.95. The Morgan fingerprint density at radius 2 is 2.19 bits per heavy atom. The van der Waals surface area contributed by atoms with Crippen molar-refractivity contribution in [2.24, 2.45) is 18.9 Å². The average Bonchev–Trinajstić information content (AvgIpc) is 3.29. The van der Waals surface area contributed by atoms with Crippen LogP contribution in [0.15, 0.2) is 35.2 Å². The fourth-order valence-electron chi connectivity index (χ4n) is 4.22. The highest BCUT2D eigenvalue weighted by Gasteiger charge is 2.37. The van der Waals surface area contributed by atoms with Crippen molar-refractivity contribution in [2.75, 3.05) is 13.1 Å². The molecule has 1 amide bonds. The van der Waals surface area contributed by atoms with E-state index in [4.69, 9.17) is 4.42 Å². The largest absolute Gasteiger partial charge is 0.468 e. The van der Waals surface area contributed by atoms with Crippen LogP contribution < -0.4 is 5.32 Å². The topological polar surface area (TPSA) is 83.5 Å². The highest BCUT2D eigenvalue weighted by Crippen LogP contribution is 2.38. The average molecular weight is 372 g/mol. The van der Waals surface area contributed by atoms with Crippen LogP contribution in [0.4, 0.5) is 0 Å². The summed E-state index contributed by atoms with van der Waals surface area (Å²) in [5.74, 6) is 1.43. The number of carbonyl (C=O) groups is 1. The minimum absolute atomic E-state index is 0.0435. The quantitative estimate of drug-likeness (QED) is 0.809. The Kier molecular flexibility index (Phi) is 5.31. The zero-order valence-corrected chi connectivity index (χ0v) is 15.8. The number of hydrogen-bond acceptors (Lipinski definition) is 5. The van der Waals surface area contributed by atoms with Crippen molar-refractivity contribution >= 4 is 5.91 Å². The fraction of sp³-hybridized carbons (Fsp3) is 0.600. The molecule has 7 nitrogen and oxygen atoms in total. The molecule has 0 unspecified atom stereocenters. The molecule has 0 bridgehead atoms. The first kappa shape index (κ1) is 18.3. The molecular formula is C20H28N4O3. The predicted molar refractivity (Wildman–Crippen MR) is 99.5 cm³/mol. The van der Waals surface area contributed by atoms with Crippen LogP contribution in [0.25, 0.3) is 0 Å². The highest BCUT2D eigenvalue weighted by molar-refractivity contribution is 5.79. The summed E-state index contributed by atoms with van der Waals surface area (Å²) in [5, 5.41) is 17.2. The van der Waals surface area contributed by atoms with E-state index in [0.29, 0.717) is 0 Å². The predicted octanol–water partition coefficient (Wildman–Crippen LogP) is 1.85. The number of aliphatic hydroxyl groups excluding tert-OH is 1. The summed E-state index contributed by atoms with van der Waals surface area (Å²) in [6, 6.07) is 3.84. The number of carbonyl (C=O) groups excluding carboxylic acids is 1. The van der Waals surface area contributed by atoms with E-state index in [1.165, 1.54) is 0 Å². The first-order chi connectivity index (χ1) is 13.1. The molecule has 4 rings (SSSR count). The molecule has 1 aliphatic heterocycles. The number of aryl methyl sites for hydroxylation is 1. The summed E-state index contributed by atoms with van der Waals surface area (Å²) >= 11 is 0. The molecule has 1 saturated heterocycles. The lowest BCUT2D eigenvalue weighted by Gasteiger charge is -2.39. The summed E-state index contributed by atoms with van der Waals surface area (Å²) in [6.07, 6.45) is 8.44. The molecule has 7 heteroatoms. The molecular weight excluding hydrogens is 344 g/mol. The molecule has 1 aliphatic carbocycles. The van der Waals surface area contributed by atoms with Crippen molar-refractivity contribution in [3.05, 3.63) is 42.1 Å². The Morgan fingerprint density at radius 1 is 1.41 bits per heavy atom. The van der Waals surface area contributed by atoms with E-state index >= 15 is 0 Å². The maximum atomic E-state index is 12.9. The van der Waals surface area contributed by atoms with E-state index in [9.17, 15) is 9.90 Å². The number of amides is 1. The zero-order valence-electron chi connectivity index (χ0n) is 15.8. The van der Waals surface area contributed by atoms with Gasteiger partial charge in [0.15, 0.2) is 0 Å². The van der Waals surface area contributed by atoms with Crippen LogP contribution in [-0.4, -0.2) is 44.9 Å². The summed E-state index contributed by atoms with van der Waals surface area (Å²) in [4.78, 5) is 15.2. The van der Waals surface area contributed by atoms with Gasteiger partial charge in [0.2, 0.25) is 5.91 Å². The Balaban J connectivity index is 1.33. The first-order valence-electron chi connectivity index (χ1n) is 9.80. The van der Waals surface area contributed by atoms with Crippen LogP contribution in [0.2, 0.25) is 0 Å². The minimum atomic E-state index is -0.240. The van der Waals surface area contributed by atoms with Gasteiger partial charge in [-0.3, -0.25) is 14.4 Å². The molecule has 2 aromatic rings. The third kappa shape index (κ3) is 4.25. The molecule has 2 aromatic heterocycles. The Morgan fingerprint density at radius 3 is 2.78 bits per heavy atom. The van der Waals surface area contributed by atoms with Crippen molar-refractivity contribution in [1.82, 2.24) is 20.0 Å². The van der Waals surface area contributed by atoms with Gasteiger partial charge in [-0.15, -0.1) is 0 Å². The fourth-order valence-corrected chi connectivity index (χ4v) is 4.22. The van der Waals surface area contributed by atoms with E-state index in [0.717, 1.165) is 56.6 Å². The molecule has 146 valence electrons. The molecule has 1 atom stereocenters. The number of hydrogen-bond donors (Lipinski definition) is 2. The Hall–Kier alpha value is -2.12. The van der Waals surface area contributed by atoms with Crippen LogP contribution in [0, 0.1) is 11.8 Å². The van der Waals surface area contributed by atoms with Gasteiger partial charge >= 0.3 is 0 Å². The lowest BCUT2D eigenvalue weighted by atomic mass is 9.75. The van der Waals surface area contributed by atoms with E-state index in [2.05, 4.69) is 15.3 Å². The van der Waals surface area contributed by atoms with Crippen molar-refractivity contribution in [2.45, 2.75) is 44.4 Å². The lowest BCUT2D eigenvalue weighted by molar-refractivity contribution is -0.128. The number of aromatic nitrogens is 2. The molecule has 27 heavy (non-hydrogen) atoms. The summed E-state index contributed by atoms with van der Waals surface area (Å²) < 4.78 is 7.18. The highest BCUT2D eigenvalue weighted by atomic mass is 16.3. The van der Waals surface area contributed by atoms with E-state index in [-0.39, 0.29) is 29.9 Å². The Bertz CT molecular complexity index is 743. The number of rotatable bonds is 6. The molecule has 2 fully saturated rings. The van der Waals surface area contributed by atoms with Gasteiger partial charge in [0.05, 0.1) is 31.2 Å². The molecule has 3 heterocycles. The van der Waals surface area contributed by atoms with Crippen molar-refractivity contribution in [3.8, 4) is 0 Å². The first-order valence-corrected chi connectivity index (χ1v) is 9.80. The normalized spacial score (nSPS) is 25.1. The van der Waals surface area contributed by atoms with Crippen molar-refractivity contribution < 1.29 is 14.3 Å². The van der Waals surface area contributed by atoms with Crippen LogP contribution in [0.1, 0.15) is 43.0 Å². The summed E-state index contributed by atoms with van der Waals surface area (Å²) in [6.45, 7) is 2.61. The maximum Gasteiger partial charge on any atom is 0.223 e. The van der Waals surface area contributed by atoms with Gasteiger partial charge in [-0.05, 0) is 56.8 Å². The standard InChI is InChI=1S/C20H28N4O3/c1-23-12-16(11-21-23)19(15-9-17(25)10-15)22-20(26)14-4-6-24(7-5-14)13-18-3-2-8-27-18/h2-3,8,11-12,14-15,17,19,25H,4-7,9-10,13H2,1H3,(H,22,26)/t15?,17?,19-/m1/s1. The third-order valence-corrected chi connectivity index (χ3v) is 5.92. The molecule has 2 aliphatic rings. The van der Waals surface area contributed by atoms with Crippen LogP contribution in [0.3, 0.4) is 0 Å². The number of piperidine rings is 1. The minimum Gasteiger partial charge on any atom is -0.468 e. The second kappa shape index (κ2) is 7.86. The van der Waals surface area contributed by atoms with Gasteiger partial charge in [-0.1, -0.05) is 0 Å². The van der Waals surface area contributed by atoms with Gasteiger partial charge in [-0.2, -0.15) is 5.10 Å². The number of furan rings is 1. The number of nitrogens with zero attached hydrogens (tertiary/aromatic N) is 3. The molecule has 0 radical (unpaired) electrons. The van der Waals surface area contributed by atoms with Crippen LogP contribution >= 0.6 is 0 Å². The molecule has 0 aromatic carbocycles. The van der Waals surface area contributed by atoms with Gasteiger partial charge in [0.25, 0.3) is 0 Å².